The Morgan fingerprint density at radius 1 is 1.60 bits per heavy atom. The average molecular weight is 298 g/mol. The highest BCUT2D eigenvalue weighted by Crippen LogP contribution is 2.39. The molecule has 0 aromatic carbocycles. The van der Waals surface area contributed by atoms with E-state index in [0.717, 1.165) is 0 Å². The Balaban J connectivity index is 2.18. The van der Waals surface area contributed by atoms with E-state index in [-0.39, 0.29) is 23.6 Å². The number of hydrogen-bond donors (Lipinski definition) is 2. The number of carbonyl (C=O) groups excluding carboxylic acids is 2. The number of aliphatic carboxylic acids is 1. The monoisotopic (exact) mass is 298 g/mol. The summed E-state index contributed by atoms with van der Waals surface area (Å²) in [5.41, 5.74) is 6.10. The Morgan fingerprint density at radius 3 is 2.90 bits per heavy atom. The van der Waals surface area contributed by atoms with Gasteiger partial charge in [0.15, 0.2) is 0 Å². The summed E-state index contributed by atoms with van der Waals surface area (Å²) < 4.78 is 4.73. The number of esters is 1. The number of carboxylic acid groups (broad SMARTS) is 1. The largest absolute Gasteiger partial charge is 0.477 e. The van der Waals surface area contributed by atoms with E-state index in [1.54, 1.807) is 12.2 Å². The lowest BCUT2D eigenvalue weighted by Crippen LogP contribution is -2.68. The summed E-state index contributed by atoms with van der Waals surface area (Å²) in [5, 5.41) is 8.95. The molecule has 20 heavy (non-hydrogen) atoms. The van der Waals surface area contributed by atoms with E-state index in [9.17, 15) is 19.5 Å². The maximum Gasteiger partial charge on any atom is 0.352 e. The van der Waals surface area contributed by atoms with Gasteiger partial charge in [0.2, 0.25) is 5.91 Å². The normalized spacial score (nSPS) is 25.5. The minimum atomic E-state index is -1.16. The summed E-state index contributed by atoms with van der Waals surface area (Å²) in [6, 6.07) is -0.638. The first kappa shape index (κ1) is 14.6. The van der Waals surface area contributed by atoms with Gasteiger partial charge in [-0.2, -0.15) is 0 Å². The van der Waals surface area contributed by atoms with Crippen molar-refractivity contribution in [1.82, 2.24) is 4.90 Å². The van der Waals surface area contributed by atoms with E-state index < -0.39 is 18.0 Å². The van der Waals surface area contributed by atoms with Crippen LogP contribution in [0.4, 0.5) is 0 Å². The molecule has 1 unspecified atom stereocenters. The van der Waals surface area contributed by atoms with Gasteiger partial charge in [-0.1, -0.05) is 6.08 Å². The molecule has 2 aliphatic rings. The smallest absolute Gasteiger partial charge is 0.352 e. The van der Waals surface area contributed by atoms with E-state index in [0.29, 0.717) is 11.3 Å². The molecule has 7 nitrogen and oxygen atoms in total. The average Bonchev–Trinajstić information content (AvgIpc) is 2.41. The number of thioether (sulfide) groups is 1. The van der Waals surface area contributed by atoms with Gasteiger partial charge in [0.05, 0.1) is 0 Å². The number of carboxylic acids is 1. The Kier molecular flexibility index (Phi) is 4.15. The maximum atomic E-state index is 11.7. The molecule has 2 rings (SSSR count). The van der Waals surface area contributed by atoms with Gasteiger partial charge in [0.25, 0.3) is 0 Å². The van der Waals surface area contributed by atoms with Crippen molar-refractivity contribution in [1.29, 1.82) is 0 Å². The molecule has 1 saturated heterocycles. The lowest BCUT2D eigenvalue weighted by atomic mass is 10.0. The molecule has 3 N–H and O–H groups in total. The molecule has 2 heterocycles. The second-order valence-corrected chi connectivity index (χ2v) is 5.42. The Morgan fingerprint density at radius 2 is 2.30 bits per heavy atom. The number of hydrogen-bond acceptors (Lipinski definition) is 6. The minimum absolute atomic E-state index is 0.0421. The third kappa shape index (κ3) is 2.56. The zero-order valence-corrected chi connectivity index (χ0v) is 11.6. The third-order valence-electron chi connectivity index (χ3n) is 2.94. The number of ether oxygens (including phenoxy) is 1. The lowest BCUT2D eigenvalue weighted by Gasteiger charge is -2.47. The maximum absolute atomic E-state index is 11.7. The summed E-state index contributed by atoms with van der Waals surface area (Å²) >= 11 is 1.42. The van der Waals surface area contributed by atoms with Crippen molar-refractivity contribution in [2.45, 2.75) is 18.3 Å². The highest BCUT2D eigenvalue weighted by atomic mass is 32.2. The Hall–Kier alpha value is -1.80. The van der Waals surface area contributed by atoms with Crippen LogP contribution in [-0.4, -0.2) is 51.6 Å². The van der Waals surface area contributed by atoms with Gasteiger partial charge in [0, 0.05) is 12.7 Å². The number of fused-ring (bicyclic) bond motifs is 1. The summed E-state index contributed by atoms with van der Waals surface area (Å²) in [7, 11) is 0. The van der Waals surface area contributed by atoms with Crippen LogP contribution in [0.2, 0.25) is 0 Å². The van der Waals surface area contributed by atoms with Crippen LogP contribution in [0.15, 0.2) is 23.4 Å². The molecule has 0 aliphatic carbocycles. The molecular weight excluding hydrogens is 284 g/mol. The number of rotatable bonds is 4. The SMILES string of the molecule is CC(=O)OC/C=C\C1=C(C(=O)O)N2C(=O)C(N)[C@@H]2SC1. The second kappa shape index (κ2) is 5.68. The molecule has 2 atom stereocenters. The minimum Gasteiger partial charge on any atom is -0.477 e. The topological polar surface area (TPSA) is 110 Å². The zero-order valence-electron chi connectivity index (χ0n) is 10.7. The first-order chi connectivity index (χ1) is 9.43. The summed E-state index contributed by atoms with van der Waals surface area (Å²) in [5.74, 6) is -1.52. The molecule has 0 bridgehead atoms. The van der Waals surface area contributed by atoms with Crippen molar-refractivity contribution in [2.24, 2.45) is 5.73 Å². The van der Waals surface area contributed by atoms with Crippen molar-refractivity contribution in [2.75, 3.05) is 12.4 Å². The fourth-order valence-corrected chi connectivity index (χ4v) is 3.29. The van der Waals surface area contributed by atoms with Gasteiger partial charge in [-0.15, -0.1) is 11.8 Å². The standard InChI is InChI=1S/C12H14N2O5S/c1-6(15)19-4-2-3-7-5-20-11-8(13)10(16)14(11)9(7)12(17)18/h2-3,8,11H,4-5,13H2,1H3,(H,17,18)/b3-2-/t8?,11-/m0/s1. The molecule has 0 saturated carbocycles. The predicted molar refractivity (Wildman–Crippen MR) is 71.5 cm³/mol. The highest BCUT2D eigenvalue weighted by molar-refractivity contribution is 8.00. The van der Waals surface area contributed by atoms with Gasteiger partial charge in [-0.05, 0) is 11.6 Å². The van der Waals surface area contributed by atoms with Crippen molar-refractivity contribution in [3.8, 4) is 0 Å². The van der Waals surface area contributed by atoms with E-state index in [2.05, 4.69) is 0 Å². The van der Waals surface area contributed by atoms with E-state index in [1.807, 2.05) is 0 Å². The van der Waals surface area contributed by atoms with E-state index in [4.69, 9.17) is 10.5 Å². The fourth-order valence-electron chi connectivity index (χ4n) is 2.02. The van der Waals surface area contributed by atoms with Crippen LogP contribution < -0.4 is 5.73 Å². The quantitative estimate of drug-likeness (QED) is 0.541. The molecule has 0 radical (unpaired) electrons. The van der Waals surface area contributed by atoms with E-state index in [1.165, 1.54) is 23.6 Å². The molecule has 1 amide bonds. The molecule has 0 aromatic rings. The van der Waals surface area contributed by atoms with Gasteiger partial charge in [-0.25, -0.2) is 4.79 Å². The van der Waals surface area contributed by atoms with Crippen molar-refractivity contribution in [3.05, 3.63) is 23.4 Å². The third-order valence-corrected chi connectivity index (χ3v) is 4.27. The van der Waals surface area contributed by atoms with Gasteiger partial charge >= 0.3 is 11.9 Å². The molecule has 8 heteroatoms. The molecule has 0 aromatic heterocycles. The van der Waals surface area contributed by atoms with Crippen LogP contribution in [0, 0.1) is 0 Å². The van der Waals surface area contributed by atoms with Crippen molar-refractivity contribution < 1.29 is 24.2 Å². The second-order valence-electron chi connectivity index (χ2n) is 4.32. The molecular formula is C12H14N2O5S. The van der Waals surface area contributed by atoms with Gasteiger partial charge < -0.3 is 15.6 Å². The van der Waals surface area contributed by atoms with Crippen LogP contribution >= 0.6 is 11.8 Å². The van der Waals surface area contributed by atoms with Gasteiger partial charge in [0.1, 0.15) is 23.7 Å². The van der Waals surface area contributed by atoms with Gasteiger partial charge in [-0.3, -0.25) is 14.5 Å². The van der Waals surface area contributed by atoms with Crippen LogP contribution in [0.1, 0.15) is 6.92 Å². The predicted octanol–water partition coefficient (Wildman–Crippen LogP) is -0.313. The molecule has 108 valence electrons. The summed E-state index contributed by atoms with van der Waals surface area (Å²) in [6.07, 6.45) is 3.11. The highest BCUT2D eigenvalue weighted by Gasteiger charge is 2.51. The van der Waals surface area contributed by atoms with Crippen LogP contribution in [0.5, 0.6) is 0 Å². The summed E-state index contributed by atoms with van der Waals surface area (Å²) in [6.45, 7) is 1.35. The Labute approximate surface area is 119 Å². The van der Waals surface area contributed by atoms with Crippen molar-refractivity contribution in [3.63, 3.8) is 0 Å². The summed E-state index contributed by atoms with van der Waals surface area (Å²) in [4.78, 5) is 34.8. The number of nitrogens with zero attached hydrogens (tertiary/aromatic N) is 1. The number of allylic oxidation sites excluding steroid dienone is 1. The van der Waals surface area contributed by atoms with Crippen LogP contribution in [0.3, 0.4) is 0 Å². The molecule has 2 aliphatic heterocycles. The number of carbonyl (C=O) groups is 3. The molecule has 1 fully saturated rings. The number of β-lactam (4-membered cyclic amide) rings is 1. The lowest BCUT2D eigenvalue weighted by molar-refractivity contribution is -0.147. The van der Waals surface area contributed by atoms with E-state index >= 15 is 0 Å². The van der Waals surface area contributed by atoms with Crippen LogP contribution in [-0.2, 0) is 19.1 Å². The molecule has 0 spiro atoms. The first-order valence-corrected chi connectivity index (χ1v) is 6.95. The number of amides is 1. The fraction of sp³-hybridized carbons (Fsp3) is 0.417. The van der Waals surface area contributed by atoms with Crippen molar-refractivity contribution >= 4 is 29.6 Å². The van der Waals surface area contributed by atoms with Crippen LogP contribution in [0.25, 0.3) is 0 Å². The zero-order chi connectivity index (χ0) is 14.9. The first-order valence-electron chi connectivity index (χ1n) is 5.90. The Bertz CT molecular complexity index is 528. The number of nitrogens with two attached hydrogens (primary N) is 1.